The van der Waals surface area contributed by atoms with Crippen molar-refractivity contribution in [1.29, 1.82) is 0 Å². The van der Waals surface area contributed by atoms with Crippen LogP contribution in [0.4, 0.5) is 20.2 Å². The number of benzene rings is 1. The van der Waals surface area contributed by atoms with Crippen LogP contribution in [0.1, 0.15) is 17.3 Å². The van der Waals surface area contributed by atoms with Crippen molar-refractivity contribution in [2.24, 2.45) is 0 Å². The van der Waals surface area contributed by atoms with Crippen LogP contribution in [0.2, 0.25) is 0 Å². The Labute approximate surface area is 102 Å². The largest absolute Gasteiger partial charge is 0.355 e. The number of nitrogens with zero attached hydrogens (tertiary/aromatic N) is 1. The van der Waals surface area contributed by atoms with Crippen LogP contribution >= 0.6 is 0 Å². The van der Waals surface area contributed by atoms with Crippen molar-refractivity contribution in [3.05, 3.63) is 34.7 Å². The molecule has 0 radical (unpaired) electrons. The normalized spacial score (nSPS) is 9.50. The van der Waals surface area contributed by atoms with Crippen LogP contribution in [0.3, 0.4) is 0 Å². The van der Waals surface area contributed by atoms with Gasteiger partial charge >= 0.3 is 0 Å². The van der Waals surface area contributed by atoms with Crippen molar-refractivity contribution < 1.29 is 18.4 Å². The highest BCUT2D eigenvalue weighted by atomic mass is 19.1. The summed E-state index contributed by atoms with van der Waals surface area (Å²) in [5, 5.41) is 4.14. The second-order valence-electron chi connectivity index (χ2n) is 3.32. The van der Waals surface area contributed by atoms with Gasteiger partial charge in [0.15, 0.2) is 0 Å². The van der Waals surface area contributed by atoms with Gasteiger partial charge in [0.2, 0.25) is 11.6 Å². The summed E-state index contributed by atoms with van der Waals surface area (Å²) in [6.07, 6.45) is 0. The first-order valence-electron chi connectivity index (χ1n) is 4.81. The molecule has 0 aromatic heterocycles. The molecule has 0 aliphatic heterocycles. The van der Waals surface area contributed by atoms with Gasteiger partial charge < -0.3 is 10.6 Å². The topological polar surface area (TPSA) is 62.6 Å². The molecule has 0 spiro atoms. The minimum atomic E-state index is -1.14. The Balaban J connectivity index is 3.54. The molecule has 2 amide bonds. The number of anilines is 1. The van der Waals surface area contributed by atoms with Gasteiger partial charge in [0.25, 0.3) is 5.91 Å². The molecule has 0 saturated carbocycles. The van der Waals surface area contributed by atoms with E-state index in [9.17, 15) is 18.4 Å². The Bertz CT molecular complexity index is 564. The quantitative estimate of drug-likeness (QED) is 0.790. The van der Waals surface area contributed by atoms with Crippen LogP contribution in [0.25, 0.3) is 4.85 Å². The summed E-state index contributed by atoms with van der Waals surface area (Å²) >= 11 is 0. The first-order valence-corrected chi connectivity index (χ1v) is 4.81. The van der Waals surface area contributed by atoms with Crippen molar-refractivity contribution in [3.8, 4) is 0 Å². The summed E-state index contributed by atoms with van der Waals surface area (Å²) < 4.78 is 27.4. The van der Waals surface area contributed by atoms with Crippen molar-refractivity contribution in [1.82, 2.24) is 5.32 Å². The molecule has 2 N–H and O–H groups in total. The van der Waals surface area contributed by atoms with Gasteiger partial charge in [-0.2, -0.15) is 0 Å². The first-order chi connectivity index (χ1) is 8.42. The van der Waals surface area contributed by atoms with E-state index in [1.54, 1.807) is 0 Å². The van der Waals surface area contributed by atoms with Gasteiger partial charge in [0, 0.05) is 14.0 Å². The van der Waals surface area contributed by atoms with Gasteiger partial charge in [-0.05, 0) is 6.07 Å². The van der Waals surface area contributed by atoms with E-state index in [4.69, 9.17) is 6.57 Å². The SMILES string of the molecule is [C-]#[N+]c1c(F)cc(C(=O)NC)c(F)c1NC(C)=O. The zero-order chi connectivity index (χ0) is 13.9. The molecule has 0 bridgehead atoms. The van der Waals surface area contributed by atoms with E-state index in [-0.39, 0.29) is 0 Å². The summed E-state index contributed by atoms with van der Waals surface area (Å²) in [7, 11) is 1.25. The molecule has 1 rings (SSSR count). The molecule has 1 aromatic rings. The molecular weight excluding hydrogens is 244 g/mol. The highest BCUT2D eigenvalue weighted by Gasteiger charge is 2.22. The lowest BCUT2D eigenvalue weighted by atomic mass is 10.1. The van der Waals surface area contributed by atoms with Crippen LogP contribution < -0.4 is 10.6 Å². The lowest BCUT2D eigenvalue weighted by molar-refractivity contribution is -0.114. The highest BCUT2D eigenvalue weighted by Crippen LogP contribution is 2.33. The maximum Gasteiger partial charge on any atom is 0.254 e. The van der Waals surface area contributed by atoms with Gasteiger partial charge in [0.1, 0.15) is 11.6 Å². The zero-order valence-corrected chi connectivity index (χ0v) is 9.60. The molecule has 0 heterocycles. The van der Waals surface area contributed by atoms with Crippen LogP contribution in [0.15, 0.2) is 6.07 Å². The molecule has 94 valence electrons. The minimum absolute atomic E-state index is 0.578. The average molecular weight is 253 g/mol. The van der Waals surface area contributed by atoms with Gasteiger partial charge in [-0.15, -0.1) is 0 Å². The summed E-state index contributed by atoms with van der Waals surface area (Å²) in [6, 6.07) is 0.618. The van der Waals surface area contributed by atoms with E-state index >= 15 is 0 Å². The van der Waals surface area contributed by atoms with Gasteiger partial charge in [-0.1, -0.05) is 0 Å². The van der Waals surface area contributed by atoms with E-state index in [0.29, 0.717) is 6.07 Å². The molecule has 5 nitrogen and oxygen atoms in total. The lowest BCUT2D eigenvalue weighted by Gasteiger charge is -2.11. The second-order valence-corrected chi connectivity index (χ2v) is 3.32. The van der Waals surface area contributed by atoms with E-state index < -0.39 is 40.4 Å². The Morgan fingerprint density at radius 3 is 2.44 bits per heavy atom. The predicted octanol–water partition coefficient (Wildman–Crippen LogP) is 1.83. The smallest absolute Gasteiger partial charge is 0.254 e. The number of rotatable bonds is 2. The van der Waals surface area contributed by atoms with E-state index in [1.165, 1.54) is 7.05 Å². The van der Waals surface area contributed by atoms with E-state index in [2.05, 4.69) is 10.2 Å². The minimum Gasteiger partial charge on any atom is -0.355 e. The fraction of sp³-hybridized carbons (Fsp3) is 0.182. The van der Waals surface area contributed by atoms with Crippen LogP contribution in [-0.4, -0.2) is 18.9 Å². The number of carbonyl (C=O) groups is 2. The van der Waals surface area contributed by atoms with E-state index in [1.807, 2.05) is 5.32 Å². The van der Waals surface area contributed by atoms with Crippen molar-refractivity contribution in [3.63, 3.8) is 0 Å². The molecule has 0 aliphatic carbocycles. The maximum absolute atomic E-state index is 13.9. The van der Waals surface area contributed by atoms with Crippen LogP contribution in [0.5, 0.6) is 0 Å². The number of halogens is 2. The molecule has 0 aliphatic rings. The summed E-state index contributed by atoms with van der Waals surface area (Å²) in [5.74, 6) is -3.74. The Morgan fingerprint density at radius 2 is 2.00 bits per heavy atom. The number of hydrogen-bond acceptors (Lipinski definition) is 2. The van der Waals surface area contributed by atoms with Crippen molar-refractivity contribution in [2.75, 3.05) is 12.4 Å². The standard InChI is InChI=1S/C11H9F2N3O2/c1-5(17)16-10-8(13)6(11(18)15-3)4-7(12)9(10)14-2/h4H,1,3H3,(H,15,18)(H,16,17). The number of carbonyl (C=O) groups excluding carboxylic acids is 2. The molecular formula is C11H9F2N3O2. The maximum atomic E-state index is 13.9. The first kappa shape index (κ1) is 13.6. The average Bonchev–Trinajstić information content (AvgIpc) is 2.32. The monoisotopic (exact) mass is 253 g/mol. The van der Waals surface area contributed by atoms with Crippen LogP contribution in [-0.2, 0) is 4.79 Å². The van der Waals surface area contributed by atoms with Gasteiger partial charge in [-0.25, -0.2) is 13.6 Å². The van der Waals surface area contributed by atoms with Gasteiger partial charge in [-0.3, -0.25) is 9.59 Å². The number of amides is 2. The molecule has 0 atom stereocenters. The Kier molecular flexibility index (Phi) is 3.94. The third-order valence-corrected chi connectivity index (χ3v) is 2.07. The molecule has 7 heteroatoms. The summed E-state index contributed by atoms with van der Waals surface area (Å²) in [6.45, 7) is 7.84. The second kappa shape index (κ2) is 5.23. The zero-order valence-electron chi connectivity index (χ0n) is 9.60. The van der Waals surface area contributed by atoms with Crippen LogP contribution in [0, 0.1) is 18.2 Å². The number of nitrogens with one attached hydrogen (secondary N) is 2. The lowest BCUT2D eigenvalue weighted by Crippen LogP contribution is -2.21. The molecule has 0 unspecified atom stereocenters. The third-order valence-electron chi connectivity index (χ3n) is 2.07. The molecule has 0 fully saturated rings. The number of hydrogen-bond donors (Lipinski definition) is 2. The predicted molar refractivity (Wildman–Crippen MR) is 60.3 cm³/mol. The fourth-order valence-electron chi connectivity index (χ4n) is 1.32. The van der Waals surface area contributed by atoms with Crippen molar-refractivity contribution in [2.45, 2.75) is 6.92 Å². The Morgan fingerprint density at radius 1 is 1.39 bits per heavy atom. The summed E-state index contributed by atoms with van der Waals surface area (Å²) in [4.78, 5) is 25.0. The molecule has 1 aromatic carbocycles. The van der Waals surface area contributed by atoms with Crippen molar-refractivity contribution >= 4 is 23.2 Å². The highest BCUT2D eigenvalue weighted by molar-refractivity contribution is 6.00. The fourth-order valence-corrected chi connectivity index (χ4v) is 1.32. The molecule has 0 saturated heterocycles. The molecule has 18 heavy (non-hydrogen) atoms. The van der Waals surface area contributed by atoms with Gasteiger partial charge in [0.05, 0.1) is 17.8 Å². The third kappa shape index (κ3) is 2.43. The van der Waals surface area contributed by atoms with E-state index in [0.717, 1.165) is 6.92 Å². The summed E-state index contributed by atoms with van der Waals surface area (Å²) in [5.41, 5.74) is -1.88. The Hall–Kier alpha value is -2.49.